The van der Waals surface area contributed by atoms with Gasteiger partial charge in [-0.1, -0.05) is 124 Å². The van der Waals surface area contributed by atoms with Crippen molar-refractivity contribution in [2.45, 2.75) is 50.1 Å². The Hall–Kier alpha value is -1.91. The first-order valence-corrected chi connectivity index (χ1v) is 10.8. The van der Waals surface area contributed by atoms with Gasteiger partial charge >= 0.3 is 0 Å². The van der Waals surface area contributed by atoms with Gasteiger partial charge in [-0.3, -0.25) is 0 Å². The summed E-state index contributed by atoms with van der Waals surface area (Å²) in [5.41, 5.74) is 4.16. The molecule has 0 aliphatic heterocycles. The highest BCUT2D eigenvalue weighted by atomic mass is 31.0. The van der Waals surface area contributed by atoms with Crippen LogP contribution >= 0.6 is 9.24 Å². The molecule has 0 heterocycles. The quantitative estimate of drug-likeness (QED) is 0.268. The lowest BCUT2D eigenvalue weighted by molar-refractivity contribution is 0.485. The van der Waals surface area contributed by atoms with E-state index in [0.717, 1.165) is 0 Å². The Kier molecular flexibility index (Phi) is 7.25. The van der Waals surface area contributed by atoms with E-state index < -0.39 is 0 Å². The summed E-state index contributed by atoms with van der Waals surface area (Å²) < 4.78 is 0. The molecule has 2 unspecified atom stereocenters. The SMILES string of the molecule is CCCCCCC(c1ccccc1)C(P)(c1ccccc1)c1ccccc1. The number of hydrogen-bond donors (Lipinski definition) is 0. The van der Waals surface area contributed by atoms with Gasteiger partial charge in [0.05, 0.1) is 0 Å². The van der Waals surface area contributed by atoms with E-state index in [1.165, 1.54) is 48.8 Å². The summed E-state index contributed by atoms with van der Waals surface area (Å²) in [5.74, 6) is 0.422. The van der Waals surface area contributed by atoms with Crippen molar-refractivity contribution >= 4 is 9.24 Å². The van der Waals surface area contributed by atoms with Crippen molar-refractivity contribution in [3.63, 3.8) is 0 Å². The second-order valence-electron chi connectivity index (χ2n) is 7.41. The fourth-order valence-electron chi connectivity index (χ4n) is 4.11. The average Bonchev–Trinajstić information content (AvgIpc) is 2.75. The Morgan fingerprint density at radius 1 is 0.667 bits per heavy atom. The summed E-state index contributed by atoms with van der Waals surface area (Å²) in [6, 6.07) is 33.1. The molecule has 0 nitrogen and oxygen atoms in total. The minimum absolute atomic E-state index is 0.129. The van der Waals surface area contributed by atoms with Crippen LogP contribution in [0.5, 0.6) is 0 Å². The van der Waals surface area contributed by atoms with Gasteiger partial charge in [0.1, 0.15) is 0 Å². The third-order valence-corrected chi connectivity index (χ3v) is 6.67. The zero-order valence-corrected chi connectivity index (χ0v) is 17.5. The standard InChI is InChI=1S/C26H31P/c1-2-3-4-14-21-25(22-15-8-5-9-16-22)26(27,23-17-10-6-11-18-23)24-19-12-7-13-20-24/h5-13,15-20,25H,2-4,14,21,27H2,1H3. The minimum Gasteiger partial charge on any atom is -0.121 e. The van der Waals surface area contributed by atoms with Crippen molar-refractivity contribution in [1.29, 1.82) is 0 Å². The van der Waals surface area contributed by atoms with Gasteiger partial charge in [-0.2, -0.15) is 0 Å². The lowest BCUT2D eigenvalue weighted by Gasteiger charge is -2.39. The molecule has 140 valence electrons. The largest absolute Gasteiger partial charge is 0.121 e. The van der Waals surface area contributed by atoms with Gasteiger partial charge in [-0.15, -0.1) is 9.24 Å². The second kappa shape index (κ2) is 9.86. The van der Waals surface area contributed by atoms with Crippen LogP contribution in [0.3, 0.4) is 0 Å². The first kappa shape index (κ1) is 19.8. The van der Waals surface area contributed by atoms with Crippen molar-refractivity contribution in [2.24, 2.45) is 0 Å². The fraction of sp³-hybridized carbons (Fsp3) is 0.308. The molecule has 0 radical (unpaired) electrons. The zero-order chi connectivity index (χ0) is 19.0. The Labute approximate surface area is 167 Å². The van der Waals surface area contributed by atoms with Gasteiger partial charge in [0.15, 0.2) is 0 Å². The van der Waals surface area contributed by atoms with Crippen molar-refractivity contribution < 1.29 is 0 Å². The normalized spacial score (nSPS) is 12.7. The van der Waals surface area contributed by atoms with E-state index in [9.17, 15) is 0 Å². The third-order valence-electron chi connectivity index (χ3n) is 5.60. The van der Waals surface area contributed by atoms with Gasteiger partial charge in [-0.05, 0) is 23.1 Å². The molecule has 0 saturated heterocycles. The molecule has 27 heavy (non-hydrogen) atoms. The van der Waals surface area contributed by atoms with E-state index in [-0.39, 0.29) is 5.16 Å². The van der Waals surface area contributed by atoms with E-state index in [1.807, 2.05) is 0 Å². The smallest absolute Gasteiger partial charge is 0.0412 e. The summed E-state index contributed by atoms with van der Waals surface area (Å²) >= 11 is 0. The van der Waals surface area contributed by atoms with E-state index >= 15 is 0 Å². The van der Waals surface area contributed by atoms with Crippen LogP contribution in [0.2, 0.25) is 0 Å². The molecule has 0 saturated carbocycles. The summed E-state index contributed by atoms with van der Waals surface area (Å²) in [5, 5.41) is -0.129. The van der Waals surface area contributed by atoms with Crippen LogP contribution in [0.4, 0.5) is 0 Å². The highest BCUT2D eigenvalue weighted by molar-refractivity contribution is 7.19. The molecule has 0 aliphatic carbocycles. The molecule has 0 N–H and O–H groups in total. The number of benzene rings is 3. The number of unbranched alkanes of at least 4 members (excludes halogenated alkanes) is 3. The van der Waals surface area contributed by atoms with Gasteiger partial charge in [0.2, 0.25) is 0 Å². The second-order valence-corrected chi connectivity index (χ2v) is 8.32. The molecule has 3 rings (SSSR count). The van der Waals surface area contributed by atoms with Crippen LogP contribution in [0, 0.1) is 0 Å². The minimum atomic E-state index is -0.129. The van der Waals surface area contributed by atoms with Crippen LogP contribution in [-0.4, -0.2) is 0 Å². The van der Waals surface area contributed by atoms with Crippen LogP contribution in [0.25, 0.3) is 0 Å². The molecule has 0 spiro atoms. The molecule has 3 aromatic carbocycles. The van der Waals surface area contributed by atoms with Gasteiger partial charge in [-0.25, -0.2) is 0 Å². The number of rotatable bonds is 9. The Balaban J connectivity index is 2.07. The highest BCUT2D eigenvalue weighted by Gasteiger charge is 2.38. The first-order chi connectivity index (χ1) is 13.3. The van der Waals surface area contributed by atoms with Crippen LogP contribution in [-0.2, 0) is 5.16 Å². The molecule has 0 aromatic heterocycles. The molecular weight excluding hydrogens is 343 g/mol. The zero-order valence-electron chi connectivity index (χ0n) is 16.4. The molecule has 0 bridgehead atoms. The third kappa shape index (κ3) is 4.69. The maximum Gasteiger partial charge on any atom is 0.0412 e. The van der Waals surface area contributed by atoms with Gasteiger partial charge in [0.25, 0.3) is 0 Å². The maximum atomic E-state index is 3.25. The molecule has 0 aliphatic rings. The lowest BCUT2D eigenvalue weighted by atomic mass is 9.74. The summed E-state index contributed by atoms with van der Waals surface area (Å²) in [6.45, 7) is 2.28. The molecule has 1 heteroatoms. The summed E-state index contributed by atoms with van der Waals surface area (Å²) in [4.78, 5) is 0. The van der Waals surface area contributed by atoms with E-state index in [0.29, 0.717) is 5.92 Å². The highest BCUT2D eigenvalue weighted by Crippen LogP contribution is 2.51. The molecule has 3 aromatic rings. The predicted octanol–water partition coefficient (Wildman–Crippen LogP) is 7.56. The average molecular weight is 375 g/mol. The molecule has 2 atom stereocenters. The van der Waals surface area contributed by atoms with Gasteiger partial charge in [0, 0.05) is 11.1 Å². The molecule has 0 fully saturated rings. The van der Waals surface area contributed by atoms with Crippen molar-refractivity contribution in [3.05, 3.63) is 108 Å². The maximum absolute atomic E-state index is 3.25. The van der Waals surface area contributed by atoms with E-state index in [2.05, 4.69) is 107 Å². The van der Waals surface area contributed by atoms with Crippen molar-refractivity contribution in [2.75, 3.05) is 0 Å². The number of hydrogen-bond acceptors (Lipinski definition) is 0. The summed E-state index contributed by atoms with van der Waals surface area (Å²) in [7, 11) is 3.25. The predicted molar refractivity (Wildman–Crippen MR) is 121 cm³/mol. The summed E-state index contributed by atoms with van der Waals surface area (Å²) in [6.07, 6.45) is 6.37. The monoisotopic (exact) mass is 374 g/mol. The fourth-order valence-corrected chi connectivity index (χ4v) is 4.86. The van der Waals surface area contributed by atoms with E-state index in [1.54, 1.807) is 0 Å². The Morgan fingerprint density at radius 2 is 1.15 bits per heavy atom. The van der Waals surface area contributed by atoms with Crippen LogP contribution in [0.15, 0.2) is 91.0 Å². The lowest BCUT2D eigenvalue weighted by Crippen LogP contribution is -2.29. The van der Waals surface area contributed by atoms with Crippen LogP contribution in [0.1, 0.15) is 61.6 Å². The van der Waals surface area contributed by atoms with E-state index in [4.69, 9.17) is 0 Å². The van der Waals surface area contributed by atoms with Gasteiger partial charge < -0.3 is 0 Å². The Morgan fingerprint density at radius 3 is 1.63 bits per heavy atom. The Bertz CT molecular complexity index is 741. The topological polar surface area (TPSA) is 0 Å². The van der Waals surface area contributed by atoms with Crippen molar-refractivity contribution in [1.82, 2.24) is 0 Å². The molecule has 0 amide bonds. The molecular formula is C26H31P. The first-order valence-electron chi connectivity index (χ1n) is 10.2. The van der Waals surface area contributed by atoms with Crippen molar-refractivity contribution in [3.8, 4) is 0 Å². The van der Waals surface area contributed by atoms with Crippen LogP contribution < -0.4 is 0 Å².